The molecule has 0 saturated heterocycles. The molecule has 0 aliphatic carbocycles. The van der Waals surface area contributed by atoms with Gasteiger partial charge in [0, 0.05) is 19.0 Å². The molecule has 2 N–H and O–H groups in total. The Morgan fingerprint density at radius 2 is 1.85 bits per heavy atom. The van der Waals surface area contributed by atoms with Gasteiger partial charge in [0.05, 0.1) is 6.54 Å². The summed E-state index contributed by atoms with van der Waals surface area (Å²) in [5, 5.41) is 6.48. The molecule has 0 heterocycles. The highest BCUT2D eigenvalue weighted by Crippen LogP contribution is 2.30. The van der Waals surface area contributed by atoms with E-state index in [0.717, 1.165) is 25.3 Å². The summed E-state index contributed by atoms with van der Waals surface area (Å²) < 4.78 is 0. The zero-order chi connectivity index (χ0) is 14.8. The Morgan fingerprint density at radius 3 is 2.35 bits per heavy atom. The predicted molar refractivity (Wildman–Crippen MR) is 86.9 cm³/mol. The van der Waals surface area contributed by atoms with Crippen LogP contribution < -0.4 is 10.6 Å². The zero-order valence-corrected chi connectivity index (χ0v) is 12.7. The number of terminal acetylenes is 1. The first-order valence-corrected chi connectivity index (χ1v) is 7.16. The topological polar surface area (TPSA) is 36.4 Å². The maximum Gasteiger partial charge on any atom is 0.191 e. The normalized spacial score (nSPS) is 11.8. The largest absolute Gasteiger partial charge is 0.356 e. The minimum absolute atomic E-state index is 0.120. The van der Waals surface area contributed by atoms with Crippen molar-refractivity contribution in [1.82, 2.24) is 10.6 Å². The lowest BCUT2D eigenvalue weighted by Crippen LogP contribution is -2.45. The molecule has 20 heavy (non-hydrogen) atoms. The van der Waals surface area contributed by atoms with E-state index in [2.05, 4.69) is 65.7 Å². The van der Waals surface area contributed by atoms with Crippen LogP contribution in [0.25, 0.3) is 0 Å². The number of nitrogens with zero attached hydrogens (tertiary/aromatic N) is 1. The lowest BCUT2D eigenvalue weighted by molar-refractivity contribution is 0.390. The molecule has 108 valence electrons. The molecular formula is C17H25N3. The van der Waals surface area contributed by atoms with Gasteiger partial charge in [0.25, 0.3) is 0 Å². The summed E-state index contributed by atoms with van der Waals surface area (Å²) in [4.78, 5) is 4.19. The first-order chi connectivity index (χ1) is 9.72. The van der Waals surface area contributed by atoms with E-state index >= 15 is 0 Å². The van der Waals surface area contributed by atoms with Gasteiger partial charge in [-0.2, -0.15) is 0 Å². The second-order valence-electron chi connectivity index (χ2n) is 4.84. The molecule has 1 rings (SSSR count). The molecule has 0 radical (unpaired) electrons. The van der Waals surface area contributed by atoms with E-state index in [0.29, 0.717) is 6.54 Å². The van der Waals surface area contributed by atoms with Crippen molar-refractivity contribution in [2.45, 2.75) is 32.1 Å². The van der Waals surface area contributed by atoms with Crippen LogP contribution in [0.2, 0.25) is 0 Å². The van der Waals surface area contributed by atoms with Crippen LogP contribution in [0, 0.1) is 12.3 Å². The molecule has 0 unspecified atom stereocenters. The van der Waals surface area contributed by atoms with Crippen molar-refractivity contribution >= 4 is 5.96 Å². The van der Waals surface area contributed by atoms with Crippen LogP contribution in [0.5, 0.6) is 0 Å². The lowest BCUT2D eigenvalue weighted by atomic mass is 9.76. The molecule has 0 fully saturated rings. The van der Waals surface area contributed by atoms with E-state index < -0.39 is 0 Å². The smallest absolute Gasteiger partial charge is 0.191 e. The van der Waals surface area contributed by atoms with E-state index in [1.807, 2.05) is 0 Å². The van der Waals surface area contributed by atoms with Crippen LogP contribution in [0.3, 0.4) is 0 Å². The van der Waals surface area contributed by atoms with Gasteiger partial charge in [-0.1, -0.05) is 50.1 Å². The number of benzene rings is 1. The number of rotatable bonds is 6. The van der Waals surface area contributed by atoms with Gasteiger partial charge in [-0.25, -0.2) is 0 Å². The second-order valence-corrected chi connectivity index (χ2v) is 4.84. The van der Waals surface area contributed by atoms with Gasteiger partial charge in [0.2, 0.25) is 0 Å². The molecule has 0 amide bonds. The summed E-state index contributed by atoms with van der Waals surface area (Å²) in [5.74, 6) is 3.31. The Balaban J connectivity index is 2.80. The standard InChI is InChI=1S/C17H25N3/c1-5-13-19-16(18-4)20-14-17(6-2,7-3)15-11-9-8-10-12-15/h1,8-12H,6-7,13-14H2,2-4H3,(H2,18,19,20). The summed E-state index contributed by atoms with van der Waals surface area (Å²) in [6, 6.07) is 10.7. The number of aliphatic imine (C=N–C) groups is 1. The maximum absolute atomic E-state index is 5.26. The van der Waals surface area contributed by atoms with Gasteiger partial charge in [0.15, 0.2) is 5.96 Å². The predicted octanol–water partition coefficient (Wildman–Crippen LogP) is 2.54. The molecule has 0 bridgehead atoms. The lowest BCUT2D eigenvalue weighted by Gasteiger charge is -2.33. The van der Waals surface area contributed by atoms with Crippen molar-refractivity contribution in [3.05, 3.63) is 35.9 Å². The van der Waals surface area contributed by atoms with Crippen molar-refractivity contribution in [3.63, 3.8) is 0 Å². The fourth-order valence-electron chi connectivity index (χ4n) is 2.41. The van der Waals surface area contributed by atoms with Crippen molar-refractivity contribution in [2.24, 2.45) is 4.99 Å². The van der Waals surface area contributed by atoms with Gasteiger partial charge >= 0.3 is 0 Å². The Hall–Kier alpha value is -1.95. The van der Waals surface area contributed by atoms with Crippen molar-refractivity contribution < 1.29 is 0 Å². The van der Waals surface area contributed by atoms with Crippen molar-refractivity contribution in [3.8, 4) is 12.3 Å². The first-order valence-electron chi connectivity index (χ1n) is 7.16. The van der Waals surface area contributed by atoms with Crippen LogP contribution in [0.15, 0.2) is 35.3 Å². The number of nitrogens with one attached hydrogen (secondary N) is 2. The van der Waals surface area contributed by atoms with Crippen molar-refractivity contribution in [1.29, 1.82) is 0 Å². The molecule has 0 spiro atoms. The zero-order valence-electron chi connectivity index (χ0n) is 12.7. The van der Waals surface area contributed by atoms with Crippen LogP contribution in [0.4, 0.5) is 0 Å². The summed E-state index contributed by atoms with van der Waals surface area (Å²) in [5.41, 5.74) is 1.49. The molecule has 0 saturated carbocycles. The van der Waals surface area contributed by atoms with E-state index in [9.17, 15) is 0 Å². The molecule has 0 aliphatic rings. The van der Waals surface area contributed by atoms with Gasteiger partial charge in [-0.15, -0.1) is 6.42 Å². The third-order valence-electron chi connectivity index (χ3n) is 3.92. The first kappa shape index (κ1) is 16.1. The number of hydrogen-bond acceptors (Lipinski definition) is 1. The van der Waals surface area contributed by atoms with E-state index in [4.69, 9.17) is 6.42 Å². The number of hydrogen-bond donors (Lipinski definition) is 2. The molecule has 1 aromatic rings. The quantitative estimate of drug-likeness (QED) is 0.474. The van der Waals surface area contributed by atoms with Gasteiger partial charge in [-0.05, 0) is 18.4 Å². The van der Waals surface area contributed by atoms with Gasteiger partial charge < -0.3 is 10.6 Å². The molecule has 0 atom stereocenters. The highest BCUT2D eigenvalue weighted by atomic mass is 15.2. The fourth-order valence-corrected chi connectivity index (χ4v) is 2.41. The SMILES string of the molecule is C#CCNC(=NC)NCC(CC)(CC)c1ccccc1. The minimum atomic E-state index is 0.120. The Labute approximate surface area is 122 Å². The van der Waals surface area contributed by atoms with Crippen LogP contribution in [-0.2, 0) is 5.41 Å². The van der Waals surface area contributed by atoms with Gasteiger partial charge in [-0.3, -0.25) is 4.99 Å². The average molecular weight is 271 g/mol. The van der Waals surface area contributed by atoms with E-state index in [1.54, 1.807) is 7.05 Å². The third kappa shape index (κ3) is 4.03. The fraction of sp³-hybridized carbons (Fsp3) is 0.471. The molecule has 3 heteroatoms. The maximum atomic E-state index is 5.26. The summed E-state index contributed by atoms with van der Waals surface area (Å²) in [6.45, 7) is 5.79. The van der Waals surface area contributed by atoms with E-state index in [1.165, 1.54) is 5.56 Å². The van der Waals surface area contributed by atoms with Crippen LogP contribution in [0.1, 0.15) is 32.3 Å². The monoisotopic (exact) mass is 271 g/mol. The summed E-state index contributed by atoms with van der Waals surface area (Å²) in [6.07, 6.45) is 7.41. The molecule has 3 nitrogen and oxygen atoms in total. The van der Waals surface area contributed by atoms with Gasteiger partial charge in [0.1, 0.15) is 0 Å². The van der Waals surface area contributed by atoms with E-state index in [-0.39, 0.29) is 5.41 Å². The Morgan fingerprint density at radius 1 is 1.20 bits per heavy atom. The molecule has 0 aromatic heterocycles. The Bertz CT molecular complexity index is 453. The highest BCUT2D eigenvalue weighted by Gasteiger charge is 2.28. The molecular weight excluding hydrogens is 246 g/mol. The summed E-state index contributed by atoms with van der Waals surface area (Å²) >= 11 is 0. The molecule has 1 aromatic carbocycles. The van der Waals surface area contributed by atoms with Crippen LogP contribution in [-0.4, -0.2) is 26.1 Å². The molecule has 0 aliphatic heterocycles. The second kappa shape index (κ2) is 8.27. The van der Waals surface area contributed by atoms with Crippen molar-refractivity contribution in [2.75, 3.05) is 20.1 Å². The summed E-state index contributed by atoms with van der Waals surface area (Å²) in [7, 11) is 1.76. The Kier molecular flexibility index (Phi) is 6.66. The van der Waals surface area contributed by atoms with Crippen LogP contribution >= 0.6 is 0 Å². The number of guanidine groups is 1. The highest BCUT2D eigenvalue weighted by molar-refractivity contribution is 5.80. The minimum Gasteiger partial charge on any atom is -0.356 e. The third-order valence-corrected chi connectivity index (χ3v) is 3.92. The average Bonchev–Trinajstić information content (AvgIpc) is 2.52.